The van der Waals surface area contributed by atoms with Gasteiger partial charge in [-0.05, 0) is 45.0 Å². The highest BCUT2D eigenvalue weighted by Gasteiger charge is 2.36. The molecule has 3 rings (SSSR count). The Kier molecular flexibility index (Phi) is 9.95. The molecule has 0 radical (unpaired) electrons. The highest BCUT2D eigenvalue weighted by molar-refractivity contribution is 5.95. The normalized spacial score (nSPS) is 23.0. The molecule has 0 unspecified atom stereocenters. The number of carbonyl (C=O) groups is 2. The number of quaternary nitrogens is 1. The summed E-state index contributed by atoms with van der Waals surface area (Å²) in [5.41, 5.74) is 7.11. The number of hydrogen-bond donors (Lipinski definition) is 2. The Morgan fingerprint density at radius 1 is 1.08 bits per heavy atom. The summed E-state index contributed by atoms with van der Waals surface area (Å²) in [7, 11) is 2.18. The number of esters is 1. The van der Waals surface area contributed by atoms with Gasteiger partial charge < -0.3 is 29.8 Å². The molecule has 0 spiro atoms. The van der Waals surface area contributed by atoms with Crippen molar-refractivity contribution in [3.63, 3.8) is 0 Å². The largest absolute Gasteiger partial charge is 0.542 e. The molecule has 0 atom stereocenters. The molecule has 0 saturated carbocycles. The van der Waals surface area contributed by atoms with Crippen molar-refractivity contribution in [1.29, 1.82) is 5.41 Å². The van der Waals surface area contributed by atoms with Crippen LogP contribution in [0.3, 0.4) is 0 Å². The fourth-order valence-electron chi connectivity index (χ4n) is 4.58. The van der Waals surface area contributed by atoms with Crippen molar-refractivity contribution in [2.24, 2.45) is 5.73 Å². The maximum absolute atomic E-state index is 12.3. The molecule has 2 heterocycles. The van der Waals surface area contributed by atoms with E-state index in [9.17, 15) is 18.0 Å². The Morgan fingerprint density at radius 2 is 1.57 bits per heavy atom. The van der Waals surface area contributed by atoms with Crippen molar-refractivity contribution < 1.29 is 37.1 Å². The number of carboxylic acid groups (broad SMARTS) is 1. The van der Waals surface area contributed by atoms with Crippen LogP contribution in [0.25, 0.3) is 0 Å². The monoisotopic (exact) mass is 529 g/mol. The third-order valence-electron chi connectivity index (χ3n) is 6.54. The number of piperidine rings is 1. The maximum atomic E-state index is 12.3. The molecule has 0 amide bonds. The minimum atomic E-state index is -5.19. The number of nitrogens with one attached hydrogen (secondary N) is 1. The number of halogens is 3. The van der Waals surface area contributed by atoms with E-state index in [1.807, 2.05) is 32.9 Å². The van der Waals surface area contributed by atoms with Gasteiger partial charge in [0, 0.05) is 56.3 Å². The maximum Gasteiger partial charge on any atom is 0.430 e. The summed E-state index contributed by atoms with van der Waals surface area (Å²) in [5, 5.41) is 16.3. The van der Waals surface area contributed by atoms with Gasteiger partial charge in [-0.15, -0.1) is 0 Å². The number of nitrogen functional groups attached to an aromatic ring is 1. The van der Waals surface area contributed by atoms with Crippen LogP contribution in [0.2, 0.25) is 0 Å². The molecule has 2 saturated heterocycles. The summed E-state index contributed by atoms with van der Waals surface area (Å²) >= 11 is 0. The van der Waals surface area contributed by atoms with Gasteiger partial charge >= 0.3 is 12.1 Å². The molecule has 0 aliphatic carbocycles. The highest BCUT2D eigenvalue weighted by Crippen LogP contribution is 2.24. The van der Waals surface area contributed by atoms with Crippen molar-refractivity contribution in [3.05, 3.63) is 29.8 Å². The summed E-state index contributed by atoms with van der Waals surface area (Å²) in [5.74, 6) is -2.99. The number of carboxylic acids is 1. The number of ether oxygens (including phenoxy) is 1. The fourth-order valence-corrected chi connectivity index (χ4v) is 4.58. The van der Waals surface area contributed by atoms with Crippen molar-refractivity contribution in [3.8, 4) is 0 Å². The fraction of sp³-hybridized carbons (Fsp3) is 0.640. The zero-order valence-electron chi connectivity index (χ0n) is 21.9. The third-order valence-corrected chi connectivity index (χ3v) is 6.54. The standard InChI is InChI=1S/C23H38N5O2.C2HF3O2/c1-23(2,3)30-21(29)17-28(4)15-9-20(10-16-28)27-13-11-26(12-14-27)19-7-5-18(6-8-19)22(24)25;3-2(4,5)1(6)7/h5-8,20H,9-17H2,1-4H3,(H3,24,25);(H,6,7)/q+1;/p-1. The summed E-state index contributed by atoms with van der Waals surface area (Å²) in [6, 6.07) is 8.58. The van der Waals surface area contributed by atoms with Crippen molar-refractivity contribution in [2.75, 3.05) is 57.8 Å². The van der Waals surface area contributed by atoms with Gasteiger partial charge in [-0.25, -0.2) is 4.79 Å². The first-order chi connectivity index (χ1) is 17.0. The molecule has 2 aliphatic rings. The SMILES string of the molecule is CC(C)(C)OC(=O)C[N+]1(C)CCC(N2CCN(c3ccc(C(=N)N)cc3)CC2)CC1.O=C([O-])C(F)(F)F. The molecular formula is C25H38F3N5O4. The number of amidine groups is 1. The molecule has 2 fully saturated rings. The molecule has 2 aliphatic heterocycles. The second-order valence-corrected chi connectivity index (χ2v) is 10.8. The lowest BCUT2D eigenvalue weighted by Crippen LogP contribution is -2.59. The van der Waals surface area contributed by atoms with E-state index in [1.165, 1.54) is 5.69 Å². The molecule has 37 heavy (non-hydrogen) atoms. The molecule has 208 valence electrons. The average molecular weight is 530 g/mol. The molecule has 0 bridgehead atoms. The number of piperazine rings is 1. The lowest BCUT2D eigenvalue weighted by molar-refractivity contribution is -0.907. The van der Waals surface area contributed by atoms with Gasteiger partial charge in [0.1, 0.15) is 17.4 Å². The van der Waals surface area contributed by atoms with E-state index < -0.39 is 17.7 Å². The zero-order valence-corrected chi connectivity index (χ0v) is 21.9. The Hall–Kier alpha value is -2.86. The molecular weight excluding hydrogens is 491 g/mol. The van der Waals surface area contributed by atoms with Crippen LogP contribution in [0.4, 0.5) is 18.9 Å². The number of benzene rings is 1. The van der Waals surface area contributed by atoms with Crippen LogP contribution >= 0.6 is 0 Å². The van der Waals surface area contributed by atoms with E-state index in [4.69, 9.17) is 25.8 Å². The van der Waals surface area contributed by atoms with Gasteiger partial charge in [-0.1, -0.05) is 0 Å². The van der Waals surface area contributed by atoms with Crippen molar-refractivity contribution in [1.82, 2.24) is 4.90 Å². The molecule has 9 nitrogen and oxygen atoms in total. The highest BCUT2D eigenvalue weighted by atomic mass is 19.4. The predicted octanol–water partition coefficient (Wildman–Crippen LogP) is 1.34. The second kappa shape index (κ2) is 12.1. The first-order valence-electron chi connectivity index (χ1n) is 12.3. The summed E-state index contributed by atoms with van der Waals surface area (Å²) in [6.45, 7) is 12.4. The molecule has 12 heteroatoms. The number of aliphatic carboxylic acids is 1. The van der Waals surface area contributed by atoms with Gasteiger partial charge in [0.2, 0.25) is 0 Å². The van der Waals surface area contributed by atoms with Crippen molar-refractivity contribution >= 4 is 23.5 Å². The third kappa shape index (κ3) is 9.84. The van der Waals surface area contributed by atoms with Crippen LogP contribution < -0.4 is 15.7 Å². The summed E-state index contributed by atoms with van der Waals surface area (Å²) in [4.78, 5) is 26.1. The van der Waals surface area contributed by atoms with Crippen LogP contribution in [-0.2, 0) is 14.3 Å². The van der Waals surface area contributed by atoms with E-state index in [2.05, 4.69) is 29.0 Å². The Morgan fingerprint density at radius 3 is 1.97 bits per heavy atom. The predicted molar refractivity (Wildman–Crippen MR) is 132 cm³/mol. The van der Waals surface area contributed by atoms with Crippen LogP contribution in [0.5, 0.6) is 0 Å². The van der Waals surface area contributed by atoms with Gasteiger partial charge in [-0.3, -0.25) is 10.3 Å². The average Bonchev–Trinajstić information content (AvgIpc) is 2.78. The smallest absolute Gasteiger partial charge is 0.430 e. The molecule has 0 aromatic heterocycles. The number of rotatable bonds is 5. The van der Waals surface area contributed by atoms with E-state index in [-0.39, 0.29) is 11.8 Å². The number of carbonyl (C=O) groups excluding carboxylic acids is 2. The van der Waals surface area contributed by atoms with Gasteiger partial charge in [0.05, 0.1) is 20.1 Å². The van der Waals surface area contributed by atoms with Crippen LogP contribution in [0, 0.1) is 5.41 Å². The van der Waals surface area contributed by atoms with E-state index in [1.54, 1.807) is 0 Å². The minimum Gasteiger partial charge on any atom is -0.542 e. The first-order valence-corrected chi connectivity index (χ1v) is 12.3. The van der Waals surface area contributed by atoms with E-state index in [0.717, 1.165) is 62.2 Å². The number of alkyl halides is 3. The number of likely N-dealkylation sites (tertiary alicyclic amines) is 1. The van der Waals surface area contributed by atoms with E-state index >= 15 is 0 Å². The minimum absolute atomic E-state index is 0.0899. The second-order valence-electron chi connectivity index (χ2n) is 10.8. The Balaban J connectivity index is 0.000000604. The molecule has 1 aromatic carbocycles. The Labute approximate surface area is 216 Å². The van der Waals surface area contributed by atoms with Gasteiger partial charge in [-0.2, -0.15) is 13.2 Å². The van der Waals surface area contributed by atoms with Crippen LogP contribution in [0.15, 0.2) is 24.3 Å². The quantitative estimate of drug-likeness (QED) is 0.255. The lowest BCUT2D eigenvalue weighted by atomic mass is 10.00. The van der Waals surface area contributed by atoms with E-state index in [0.29, 0.717) is 12.6 Å². The number of anilines is 1. The number of likely N-dealkylation sites (N-methyl/N-ethyl adjacent to an activating group) is 1. The number of nitrogens with zero attached hydrogens (tertiary/aromatic N) is 3. The van der Waals surface area contributed by atoms with Crippen LogP contribution in [0.1, 0.15) is 39.2 Å². The topological polar surface area (TPSA) is 123 Å². The number of hydrogen-bond acceptors (Lipinski definition) is 7. The Bertz CT molecular complexity index is 931. The first kappa shape index (κ1) is 30.4. The summed E-state index contributed by atoms with van der Waals surface area (Å²) in [6.07, 6.45) is -2.93. The number of nitrogens with two attached hydrogens (primary N) is 1. The van der Waals surface area contributed by atoms with Crippen LogP contribution in [-0.4, -0.2) is 97.8 Å². The molecule has 1 aromatic rings. The van der Waals surface area contributed by atoms with Gasteiger partial charge in [0.25, 0.3) is 0 Å². The zero-order chi connectivity index (χ0) is 28.0. The molecule has 3 N–H and O–H groups in total. The van der Waals surface area contributed by atoms with Crippen molar-refractivity contribution in [2.45, 2.75) is 51.4 Å². The van der Waals surface area contributed by atoms with Gasteiger partial charge in [0.15, 0.2) is 6.54 Å². The summed E-state index contributed by atoms with van der Waals surface area (Å²) < 4.78 is 37.9. The lowest BCUT2D eigenvalue weighted by Gasteiger charge is -2.46.